The lowest BCUT2D eigenvalue weighted by Crippen LogP contribution is -2.25. The van der Waals surface area contributed by atoms with Gasteiger partial charge < -0.3 is 5.32 Å². The smallest absolute Gasteiger partial charge is 0.305 e. The maximum absolute atomic E-state index is 13.8. The van der Waals surface area contributed by atoms with E-state index in [1.165, 1.54) is 11.3 Å². The van der Waals surface area contributed by atoms with Crippen molar-refractivity contribution >= 4 is 22.9 Å². The first-order valence-electron chi connectivity index (χ1n) is 5.72. The molecule has 0 radical (unpaired) electrons. The van der Waals surface area contributed by atoms with Crippen LogP contribution >= 0.6 is 11.3 Å². The van der Waals surface area contributed by atoms with Crippen molar-refractivity contribution in [3.05, 3.63) is 55.5 Å². The fraction of sp³-hybridized carbons (Fsp3) is 0.167. The molecular weight excluding hydrogens is 304 g/mol. The Morgan fingerprint density at radius 3 is 2.76 bits per heavy atom. The first kappa shape index (κ1) is 15.0. The lowest BCUT2D eigenvalue weighted by atomic mass is 10.1. The second-order valence-electron chi connectivity index (χ2n) is 4.06. The number of hydrogen-bond donors (Lipinski definition) is 1. The van der Waals surface area contributed by atoms with Gasteiger partial charge in [-0.1, -0.05) is 0 Å². The van der Waals surface area contributed by atoms with E-state index in [-0.39, 0.29) is 6.54 Å². The third kappa shape index (κ3) is 3.19. The average molecular weight is 313 g/mol. The molecule has 0 unspecified atom stereocenters. The quantitative estimate of drug-likeness (QED) is 0.694. The molecule has 0 aliphatic carbocycles. The van der Waals surface area contributed by atoms with Gasteiger partial charge in [0.05, 0.1) is 11.5 Å². The number of aryl methyl sites for hydroxylation is 1. The van der Waals surface area contributed by atoms with Crippen molar-refractivity contribution in [2.45, 2.75) is 13.5 Å². The van der Waals surface area contributed by atoms with Gasteiger partial charge in [-0.3, -0.25) is 14.9 Å². The number of halogens is 2. The number of benzene rings is 1. The normalized spacial score (nSPS) is 10.4. The zero-order chi connectivity index (χ0) is 15.6. The van der Waals surface area contributed by atoms with Crippen LogP contribution in [-0.2, 0) is 6.54 Å². The first-order chi connectivity index (χ1) is 9.90. The Hall–Kier alpha value is -2.42. The summed E-state index contributed by atoms with van der Waals surface area (Å²) >= 11 is 1.32. The van der Waals surface area contributed by atoms with Gasteiger partial charge in [-0.25, -0.2) is 9.37 Å². The maximum Gasteiger partial charge on any atom is 0.305 e. The van der Waals surface area contributed by atoms with E-state index in [0.717, 1.165) is 4.88 Å². The Bertz CT molecular complexity index is 718. The number of aromatic nitrogens is 1. The van der Waals surface area contributed by atoms with Crippen molar-refractivity contribution in [2.24, 2.45) is 0 Å². The molecule has 2 aromatic rings. The van der Waals surface area contributed by atoms with Crippen LogP contribution in [0, 0.1) is 28.7 Å². The minimum Gasteiger partial charge on any atom is -0.345 e. The number of carbonyl (C=O) groups excluding carboxylic acids is 1. The number of nitro groups is 1. The van der Waals surface area contributed by atoms with Gasteiger partial charge >= 0.3 is 5.69 Å². The van der Waals surface area contributed by atoms with Crippen LogP contribution in [0.4, 0.5) is 14.5 Å². The van der Waals surface area contributed by atoms with Crippen molar-refractivity contribution < 1.29 is 18.5 Å². The SMILES string of the molecule is Cc1cnc(CNC(=O)c2c(F)ccc([N+](=O)[O-])c2F)s1. The highest BCUT2D eigenvalue weighted by atomic mass is 32.1. The average Bonchev–Trinajstić information content (AvgIpc) is 2.82. The van der Waals surface area contributed by atoms with Crippen LogP contribution in [0.1, 0.15) is 20.2 Å². The number of nitrogens with zero attached hydrogens (tertiary/aromatic N) is 2. The van der Waals surface area contributed by atoms with E-state index in [4.69, 9.17) is 0 Å². The monoisotopic (exact) mass is 313 g/mol. The highest BCUT2D eigenvalue weighted by Crippen LogP contribution is 2.23. The molecule has 1 aromatic carbocycles. The van der Waals surface area contributed by atoms with Crippen molar-refractivity contribution in [1.29, 1.82) is 0 Å². The predicted molar refractivity (Wildman–Crippen MR) is 71.0 cm³/mol. The van der Waals surface area contributed by atoms with E-state index in [9.17, 15) is 23.7 Å². The summed E-state index contributed by atoms with van der Waals surface area (Å²) in [6, 6.07) is 1.36. The van der Waals surface area contributed by atoms with E-state index in [0.29, 0.717) is 17.1 Å². The van der Waals surface area contributed by atoms with E-state index in [2.05, 4.69) is 10.3 Å². The molecule has 0 fully saturated rings. The van der Waals surface area contributed by atoms with Gasteiger partial charge in [0.2, 0.25) is 5.82 Å². The van der Waals surface area contributed by atoms with Gasteiger partial charge in [0.15, 0.2) is 0 Å². The topological polar surface area (TPSA) is 85.1 Å². The molecule has 9 heteroatoms. The van der Waals surface area contributed by atoms with Gasteiger partial charge in [-0.2, -0.15) is 4.39 Å². The van der Waals surface area contributed by atoms with Gasteiger partial charge in [-0.15, -0.1) is 11.3 Å². The summed E-state index contributed by atoms with van der Waals surface area (Å²) in [6.07, 6.45) is 1.60. The molecule has 2 rings (SSSR count). The molecule has 0 saturated carbocycles. The molecule has 1 N–H and O–H groups in total. The van der Waals surface area contributed by atoms with Crippen molar-refractivity contribution in [3.8, 4) is 0 Å². The summed E-state index contributed by atoms with van der Waals surface area (Å²) in [4.78, 5) is 26.3. The molecule has 110 valence electrons. The Balaban J connectivity index is 2.22. The number of carbonyl (C=O) groups is 1. The number of rotatable bonds is 4. The minimum atomic E-state index is -1.49. The largest absolute Gasteiger partial charge is 0.345 e. The Morgan fingerprint density at radius 1 is 1.48 bits per heavy atom. The molecule has 0 spiro atoms. The highest BCUT2D eigenvalue weighted by Gasteiger charge is 2.26. The summed E-state index contributed by atoms with van der Waals surface area (Å²) in [7, 11) is 0. The van der Waals surface area contributed by atoms with Crippen LogP contribution in [0.5, 0.6) is 0 Å². The van der Waals surface area contributed by atoms with Gasteiger partial charge in [0.1, 0.15) is 16.4 Å². The van der Waals surface area contributed by atoms with E-state index >= 15 is 0 Å². The lowest BCUT2D eigenvalue weighted by molar-refractivity contribution is -0.387. The standard InChI is InChI=1S/C12H9F2N3O3S/c1-6-4-15-9(21-6)5-16-12(18)10-7(13)2-3-8(11(10)14)17(19)20/h2-4H,5H2,1H3,(H,16,18). The summed E-state index contributed by atoms with van der Waals surface area (Å²) in [5.41, 5.74) is -1.93. The highest BCUT2D eigenvalue weighted by molar-refractivity contribution is 7.11. The minimum absolute atomic E-state index is 0.0150. The molecule has 21 heavy (non-hydrogen) atoms. The van der Waals surface area contributed by atoms with Gasteiger partial charge in [0.25, 0.3) is 5.91 Å². The van der Waals surface area contributed by atoms with Gasteiger partial charge in [0, 0.05) is 17.1 Å². The Kier molecular flexibility index (Phi) is 4.22. The number of nitrogens with one attached hydrogen (secondary N) is 1. The van der Waals surface area contributed by atoms with Crippen LogP contribution in [-0.4, -0.2) is 15.8 Å². The summed E-state index contributed by atoms with van der Waals surface area (Å²) < 4.78 is 27.3. The molecule has 1 heterocycles. The second kappa shape index (κ2) is 5.92. The van der Waals surface area contributed by atoms with E-state index in [1.807, 2.05) is 6.92 Å². The van der Waals surface area contributed by atoms with E-state index < -0.39 is 33.7 Å². The van der Waals surface area contributed by atoms with Crippen molar-refractivity contribution in [3.63, 3.8) is 0 Å². The molecule has 6 nitrogen and oxygen atoms in total. The molecule has 0 aliphatic heterocycles. The number of nitro benzene ring substituents is 1. The number of thiazole rings is 1. The fourth-order valence-electron chi connectivity index (χ4n) is 1.62. The van der Waals surface area contributed by atoms with Crippen LogP contribution in [0.15, 0.2) is 18.3 Å². The van der Waals surface area contributed by atoms with Crippen LogP contribution in [0.2, 0.25) is 0 Å². The molecular formula is C12H9F2N3O3S. The third-order valence-electron chi connectivity index (χ3n) is 2.56. The summed E-state index contributed by atoms with van der Waals surface area (Å²) in [6.45, 7) is 1.81. The fourth-order valence-corrected chi connectivity index (χ4v) is 2.34. The molecule has 1 aromatic heterocycles. The lowest BCUT2D eigenvalue weighted by Gasteiger charge is -2.06. The molecule has 0 saturated heterocycles. The summed E-state index contributed by atoms with van der Waals surface area (Å²) in [5.74, 6) is -3.72. The molecule has 1 amide bonds. The molecule has 0 bridgehead atoms. The Labute approximate surface area is 121 Å². The van der Waals surface area contributed by atoms with Crippen LogP contribution < -0.4 is 5.32 Å². The van der Waals surface area contributed by atoms with Crippen molar-refractivity contribution in [1.82, 2.24) is 10.3 Å². The summed E-state index contributed by atoms with van der Waals surface area (Å²) in [5, 5.41) is 13.4. The van der Waals surface area contributed by atoms with Crippen LogP contribution in [0.25, 0.3) is 0 Å². The maximum atomic E-state index is 13.8. The molecule has 0 aliphatic rings. The van der Waals surface area contributed by atoms with Crippen LogP contribution in [0.3, 0.4) is 0 Å². The number of amides is 1. The zero-order valence-electron chi connectivity index (χ0n) is 10.7. The molecule has 0 atom stereocenters. The van der Waals surface area contributed by atoms with Gasteiger partial charge in [-0.05, 0) is 13.0 Å². The third-order valence-corrected chi connectivity index (χ3v) is 3.48. The first-order valence-corrected chi connectivity index (χ1v) is 6.53. The van der Waals surface area contributed by atoms with Crippen molar-refractivity contribution in [2.75, 3.05) is 0 Å². The number of hydrogen-bond acceptors (Lipinski definition) is 5. The predicted octanol–water partition coefficient (Wildman–Crippen LogP) is 2.57. The van der Waals surface area contributed by atoms with E-state index in [1.54, 1.807) is 6.20 Å². The Morgan fingerprint density at radius 2 is 2.19 bits per heavy atom. The zero-order valence-corrected chi connectivity index (χ0v) is 11.5. The second-order valence-corrected chi connectivity index (χ2v) is 5.38.